The van der Waals surface area contributed by atoms with E-state index >= 15 is 0 Å². The van der Waals surface area contributed by atoms with Gasteiger partial charge in [0, 0.05) is 5.25 Å². The maximum absolute atomic E-state index is 5.70. The molecule has 4 nitrogen and oxygen atoms in total. The lowest BCUT2D eigenvalue weighted by atomic mass is 10.4. The molecule has 0 aromatic carbocycles. The highest BCUT2D eigenvalue weighted by molar-refractivity contribution is 7.99. The number of hydrogen-bond donors (Lipinski definition) is 0. The normalized spacial score (nSPS) is 12.6. The second kappa shape index (κ2) is 5.36. The number of rotatable bonds is 4. The Hall–Kier alpha value is -0.550. The Morgan fingerprint density at radius 2 is 2.14 bits per heavy atom. The summed E-state index contributed by atoms with van der Waals surface area (Å²) in [5.41, 5.74) is 0. The summed E-state index contributed by atoms with van der Waals surface area (Å²) in [7, 11) is 1.50. The minimum atomic E-state index is 0.169. The van der Waals surface area contributed by atoms with Crippen LogP contribution in [-0.2, 0) is 0 Å². The Balaban J connectivity index is 2.81. The van der Waals surface area contributed by atoms with Crippen molar-refractivity contribution in [2.45, 2.75) is 30.7 Å². The van der Waals surface area contributed by atoms with Crippen molar-refractivity contribution in [3.8, 4) is 6.01 Å². The highest BCUT2D eigenvalue weighted by Crippen LogP contribution is 2.23. The first kappa shape index (κ1) is 11.5. The predicted octanol–water partition coefficient (Wildman–Crippen LogP) is 2.42. The average Bonchev–Trinajstić information content (AvgIpc) is 2.16. The van der Waals surface area contributed by atoms with Crippen LogP contribution in [0, 0.1) is 0 Å². The molecule has 14 heavy (non-hydrogen) atoms. The lowest BCUT2D eigenvalue weighted by molar-refractivity contribution is 0.373. The molecule has 0 saturated heterocycles. The van der Waals surface area contributed by atoms with E-state index in [0.29, 0.717) is 10.4 Å². The van der Waals surface area contributed by atoms with Gasteiger partial charge in [0.05, 0.1) is 7.11 Å². The minimum absolute atomic E-state index is 0.169. The molecule has 1 unspecified atom stereocenters. The monoisotopic (exact) mass is 233 g/mol. The molecule has 0 radical (unpaired) electrons. The Labute approximate surface area is 92.5 Å². The van der Waals surface area contributed by atoms with Gasteiger partial charge in [0.25, 0.3) is 0 Å². The third-order valence-electron chi connectivity index (χ3n) is 1.63. The molecule has 0 bridgehead atoms. The largest absolute Gasteiger partial charge is 0.467 e. The maximum atomic E-state index is 5.70. The van der Waals surface area contributed by atoms with Crippen molar-refractivity contribution < 1.29 is 4.74 Å². The Kier molecular flexibility index (Phi) is 4.41. The van der Waals surface area contributed by atoms with Gasteiger partial charge in [-0.1, -0.05) is 25.6 Å². The van der Waals surface area contributed by atoms with Gasteiger partial charge in [-0.25, -0.2) is 0 Å². The molecule has 1 atom stereocenters. The fraction of sp³-hybridized carbons (Fsp3) is 0.625. The smallest absolute Gasteiger partial charge is 0.321 e. The molecule has 1 aromatic heterocycles. The lowest BCUT2D eigenvalue weighted by Crippen LogP contribution is -2.00. The first-order chi connectivity index (χ1) is 6.65. The topological polar surface area (TPSA) is 47.9 Å². The van der Waals surface area contributed by atoms with Crippen LogP contribution >= 0.6 is 23.4 Å². The van der Waals surface area contributed by atoms with Crippen molar-refractivity contribution in [2.24, 2.45) is 0 Å². The van der Waals surface area contributed by atoms with Gasteiger partial charge < -0.3 is 4.74 Å². The van der Waals surface area contributed by atoms with Gasteiger partial charge in [-0.15, -0.1) is 0 Å². The molecule has 1 aromatic rings. The fourth-order valence-electron chi connectivity index (χ4n) is 0.722. The maximum Gasteiger partial charge on any atom is 0.321 e. The van der Waals surface area contributed by atoms with E-state index in [1.165, 1.54) is 7.11 Å². The van der Waals surface area contributed by atoms with Crippen LogP contribution < -0.4 is 4.74 Å². The molecule has 0 aliphatic heterocycles. The summed E-state index contributed by atoms with van der Waals surface area (Å²) >= 11 is 7.26. The van der Waals surface area contributed by atoms with Crippen LogP contribution in [0.4, 0.5) is 0 Å². The van der Waals surface area contributed by atoms with E-state index < -0.39 is 0 Å². The molecule has 0 spiro atoms. The first-order valence-electron chi connectivity index (χ1n) is 4.28. The molecular formula is C8H12ClN3OS. The molecule has 0 amide bonds. The lowest BCUT2D eigenvalue weighted by Gasteiger charge is -2.06. The van der Waals surface area contributed by atoms with Crippen LogP contribution in [0.2, 0.25) is 5.28 Å². The van der Waals surface area contributed by atoms with Crippen molar-refractivity contribution in [2.75, 3.05) is 7.11 Å². The SMILES string of the molecule is CCC(C)Sc1nc(Cl)nc(OC)n1. The number of methoxy groups -OCH3 is 1. The molecule has 1 heterocycles. The van der Waals surface area contributed by atoms with Crippen LogP contribution in [0.5, 0.6) is 6.01 Å². The zero-order valence-electron chi connectivity index (χ0n) is 8.32. The van der Waals surface area contributed by atoms with Crippen molar-refractivity contribution in [3.63, 3.8) is 0 Å². The molecule has 1 rings (SSSR count). The summed E-state index contributed by atoms with van der Waals surface area (Å²) in [6.07, 6.45) is 1.05. The second-order valence-electron chi connectivity index (χ2n) is 2.71. The zero-order valence-corrected chi connectivity index (χ0v) is 9.89. The van der Waals surface area contributed by atoms with E-state index in [9.17, 15) is 0 Å². The number of aromatic nitrogens is 3. The second-order valence-corrected chi connectivity index (χ2v) is 4.45. The molecule has 6 heteroatoms. The van der Waals surface area contributed by atoms with E-state index in [1.807, 2.05) is 0 Å². The average molecular weight is 234 g/mol. The van der Waals surface area contributed by atoms with E-state index in [-0.39, 0.29) is 11.3 Å². The molecule has 78 valence electrons. The predicted molar refractivity (Wildman–Crippen MR) is 57.0 cm³/mol. The zero-order chi connectivity index (χ0) is 10.6. The van der Waals surface area contributed by atoms with Crippen LogP contribution in [0.3, 0.4) is 0 Å². The molecule has 0 N–H and O–H groups in total. The quantitative estimate of drug-likeness (QED) is 0.748. The van der Waals surface area contributed by atoms with Crippen LogP contribution in [0.15, 0.2) is 5.16 Å². The number of halogens is 1. The molecule has 0 aliphatic rings. The molecule has 0 fully saturated rings. The van der Waals surface area contributed by atoms with Gasteiger partial charge in [0.2, 0.25) is 5.28 Å². The summed E-state index contributed by atoms with van der Waals surface area (Å²) in [5, 5.41) is 1.23. The van der Waals surface area contributed by atoms with Gasteiger partial charge in [0.1, 0.15) is 0 Å². The Bertz CT molecular complexity index is 311. The number of nitrogens with zero attached hydrogens (tertiary/aromatic N) is 3. The van der Waals surface area contributed by atoms with Gasteiger partial charge in [-0.3, -0.25) is 0 Å². The van der Waals surface area contributed by atoms with Gasteiger partial charge in [0.15, 0.2) is 5.16 Å². The van der Waals surface area contributed by atoms with Crippen molar-refractivity contribution in [3.05, 3.63) is 5.28 Å². The molecule has 0 saturated carbocycles. The third kappa shape index (κ3) is 3.31. The summed E-state index contributed by atoms with van der Waals surface area (Å²) in [4.78, 5) is 11.9. The van der Waals surface area contributed by atoms with Crippen LogP contribution in [0.25, 0.3) is 0 Å². The minimum Gasteiger partial charge on any atom is -0.467 e. The highest BCUT2D eigenvalue weighted by atomic mass is 35.5. The summed E-state index contributed by atoms with van der Waals surface area (Å²) in [6.45, 7) is 4.21. The van der Waals surface area contributed by atoms with E-state index in [1.54, 1.807) is 11.8 Å². The summed E-state index contributed by atoms with van der Waals surface area (Å²) in [6, 6.07) is 0.260. The molecule has 0 aliphatic carbocycles. The Morgan fingerprint density at radius 1 is 1.43 bits per heavy atom. The molecular weight excluding hydrogens is 222 g/mol. The van der Waals surface area contributed by atoms with Gasteiger partial charge >= 0.3 is 6.01 Å². The fourth-order valence-corrected chi connectivity index (χ4v) is 1.72. The van der Waals surface area contributed by atoms with E-state index in [0.717, 1.165) is 6.42 Å². The van der Waals surface area contributed by atoms with Gasteiger partial charge in [-0.2, -0.15) is 15.0 Å². The van der Waals surface area contributed by atoms with Crippen LogP contribution in [0.1, 0.15) is 20.3 Å². The van der Waals surface area contributed by atoms with Crippen LogP contribution in [-0.4, -0.2) is 27.3 Å². The number of thioether (sulfide) groups is 1. The van der Waals surface area contributed by atoms with Crippen molar-refractivity contribution in [1.29, 1.82) is 0 Å². The number of hydrogen-bond acceptors (Lipinski definition) is 5. The number of ether oxygens (including phenoxy) is 1. The van der Waals surface area contributed by atoms with Crippen molar-refractivity contribution in [1.82, 2.24) is 15.0 Å². The third-order valence-corrected chi connectivity index (χ3v) is 2.93. The standard InChI is InChI=1S/C8H12ClN3OS/c1-4-5(2)14-8-11-6(9)10-7(12-8)13-3/h5H,4H2,1-3H3. The highest BCUT2D eigenvalue weighted by Gasteiger charge is 2.08. The van der Waals surface area contributed by atoms with E-state index in [2.05, 4.69) is 28.8 Å². The van der Waals surface area contributed by atoms with E-state index in [4.69, 9.17) is 16.3 Å². The van der Waals surface area contributed by atoms with Crippen molar-refractivity contribution >= 4 is 23.4 Å². The van der Waals surface area contributed by atoms with Gasteiger partial charge in [-0.05, 0) is 18.0 Å². The Morgan fingerprint density at radius 3 is 2.71 bits per heavy atom. The summed E-state index contributed by atoms with van der Waals surface area (Å²) in [5.74, 6) is 0. The summed E-state index contributed by atoms with van der Waals surface area (Å²) < 4.78 is 4.89. The first-order valence-corrected chi connectivity index (χ1v) is 5.53.